The third kappa shape index (κ3) is 6.00. The molecule has 1 fully saturated rings. The molecule has 1 aromatic carbocycles. The first-order valence-corrected chi connectivity index (χ1v) is 11.9. The van der Waals surface area contributed by atoms with Gasteiger partial charge in [0.1, 0.15) is 11.6 Å². The molecular weight excluding hydrogens is 483 g/mol. The molecule has 7 nitrogen and oxygen atoms in total. The fraction of sp³-hybridized carbons (Fsp3) is 0.348. The van der Waals surface area contributed by atoms with Crippen LogP contribution in [0, 0.1) is 0 Å². The van der Waals surface area contributed by atoms with Gasteiger partial charge in [0.25, 0.3) is 10.0 Å². The monoisotopic (exact) mass is 512 g/mol. The van der Waals surface area contributed by atoms with Gasteiger partial charge in [-0.05, 0) is 55.8 Å². The van der Waals surface area contributed by atoms with Gasteiger partial charge in [-0.25, -0.2) is 13.4 Å². The molecule has 0 atom stereocenters. The van der Waals surface area contributed by atoms with Crippen molar-refractivity contribution in [1.29, 1.82) is 0 Å². The Morgan fingerprint density at radius 3 is 2.09 bits per heavy atom. The Kier molecular flexibility index (Phi) is 9.20. The fourth-order valence-corrected chi connectivity index (χ4v) is 5.06. The first kappa shape index (κ1) is 27.0. The van der Waals surface area contributed by atoms with Crippen LogP contribution in [0.2, 0.25) is 0 Å². The molecule has 0 spiro atoms. The summed E-state index contributed by atoms with van der Waals surface area (Å²) in [7, 11) is -3.65. The number of aliphatic hydroxyl groups excluding tert-OH is 1. The number of anilines is 1. The van der Waals surface area contributed by atoms with Crippen LogP contribution in [0.15, 0.2) is 71.6 Å². The molecule has 2 aliphatic heterocycles. The minimum absolute atomic E-state index is 0. The van der Waals surface area contributed by atoms with Crippen LogP contribution in [-0.4, -0.2) is 66.5 Å². The van der Waals surface area contributed by atoms with E-state index < -0.39 is 10.0 Å². The number of piperazine rings is 1. The Bertz CT molecular complexity index is 1080. The number of rotatable bonds is 5. The smallest absolute Gasteiger partial charge is 0.264 e. The van der Waals surface area contributed by atoms with E-state index >= 15 is 0 Å². The van der Waals surface area contributed by atoms with Crippen molar-refractivity contribution < 1.29 is 13.5 Å². The van der Waals surface area contributed by atoms with Crippen molar-refractivity contribution in [2.24, 2.45) is 0 Å². The molecule has 3 heterocycles. The molecule has 1 aromatic heterocycles. The second-order valence-electron chi connectivity index (χ2n) is 8.07. The van der Waals surface area contributed by atoms with E-state index in [9.17, 15) is 13.5 Å². The molecule has 180 valence electrons. The Labute approximate surface area is 208 Å². The van der Waals surface area contributed by atoms with E-state index in [4.69, 9.17) is 0 Å². The van der Waals surface area contributed by atoms with Gasteiger partial charge < -0.3 is 10.0 Å². The molecule has 0 unspecified atom stereocenters. The lowest BCUT2D eigenvalue weighted by Crippen LogP contribution is -2.49. The first-order valence-electron chi connectivity index (χ1n) is 10.5. The van der Waals surface area contributed by atoms with Crippen molar-refractivity contribution in [3.63, 3.8) is 0 Å². The van der Waals surface area contributed by atoms with Gasteiger partial charge in [-0.15, -0.1) is 24.8 Å². The minimum atomic E-state index is -3.65. The van der Waals surface area contributed by atoms with E-state index in [0.29, 0.717) is 6.04 Å². The van der Waals surface area contributed by atoms with Crippen LogP contribution >= 0.6 is 24.8 Å². The SMILES string of the molecule is CC(C)N1CCN(c2ccc(-c3ccc(S(=O)(=O)N4C=CC(O)=CC4)cc3)cn2)CC1.Cl.Cl. The molecule has 0 aliphatic carbocycles. The number of aromatic nitrogens is 1. The number of benzene rings is 1. The normalized spacial score (nSPS) is 16.8. The van der Waals surface area contributed by atoms with Crippen LogP contribution in [0.3, 0.4) is 0 Å². The Hall–Kier alpha value is -2.26. The molecule has 0 radical (unpaired) electrons. The highest BCUT2D eigenvalue weighted by atomic mass is 35.5. The molecule has 2 aliphatic rings. The number of halogens is 2. The third-order valence-corrected chi connectivity index (χ3v) is 7.56. The van der Waals surface area contributed by atoms with Crippen molar-refractivity contribution in [2.75, 3.05) is 37.6 Å². The van der Waals surface area contributed by atoms with E-state index in [2.05, 4.69) is 28.6 Å². The quantitative estimate of drug-likeness (QED) is 0.650. The van der Waals surface area contributed by atoms with Crippen molar-refractivity contribution in [1.82, 2.24) is 14.2 Å². The number of hydrogen-bond donors (Lipinski definition) is 1. The average Bonchev–Trinajstić information content (AvgIpc) is 2.80. The Morgan fingerprint density at radius 2 is 1.58 bits per heavy atom. The van der Waals surface area contributed by atoms with Crippen molar-refractivity contribution in [2.45, 2.75) is 24.8 Å². The third-order valence-electron chi connectivity index (χ3n) is 5.80. The van der Waals surface area contributed by atoms with Crippen LogP contribution < -0.4 is 4.90 Å². The number of hydrogen-bond acceptors (Lipinski definition) is 6. The van der Waals surface area contributed by atoms with E-state index in [1.165, 1.54) is 22.7 Å². The molecular formula is C23H30Cl2N4O3S. The minimum Gasteiger partial charge on any atom is -0.508 e. The zero-order valence-electron chi connectivity index (χ0n) is 18.7. The van der Waals surface area contributed by atoms with Crippen LogP contribution in [0.1, 0.15) is 13.8 Å². The summed E-state index contributed by atoms with van der Waals surface area (Å²) in [5.41, 5.74) is 1.86. The number of aliphatic hydroxyl groups is 1. The summed E-state index contributed by atoms with van der Waals surface area (Å²) in [6.45, 7) is 8.58. The largest absolute Gasteiger partial charge is 0.508 e. The van der Waals surface area contributed by atoms with Gasteiger partial charge >= 0.3 is 0 Å². The van der Waals surface area contributed by atoms with Crippen molar-refractivity contribution in [3.8, 4) is 11.1 Å². The van der Waals surface area contributed by atoms with E-state index in [0.717, 1.165) is 43.1 Å². The molecule has 2 aromatic rings. The molecule has 1 N–H and O–H groups in total. The highest BCUT2D eigenvalue weighted by molar-refractivity contribution is 7.89. The summed E-state index contributed by atoms with van der Waals surface area (Å²) in [6, 6.07) is 11.4. The predicted octanol–water partition coefficient (Wildman–Crippen LogP) is 4.08. The molecule has 0 amide bonds. The molecule has 10 heteroatoms. The van der Waals surface area contributed by atoms with Gasteiger partial charge in [0, 0.05) is 50.2 Å². The average molecular weight is 513 g/mol. The number of nitrogens with zero attached hydrogens (tertiary/aromatic N) is 4. The van der Waals surface area contributed by atoms with Gasteiger partial charge in [-0.2, -0.15) is 0 Å². The van der Waals surface area contributed by atoms with Crippen molar-refractivity contribution in [3.05, 3.63) is 66.7 Å². The second-order valence-corrected chi connectivity index (χ2v) is 9.96. The second kappa shape index (κ2) is 11.2. The lowest BCUT2D eigenvalue weighted by Gasteiger charge is -2.37. The van der Waals surface area contributed by atoms with Gasteiger partial charge in [-0.3, -0.25) is 9.21 Å². The summed E-state index contributed by atoms with van der Waals surface area (Å²) in [6.07, 6.45) is 6.05. The summed E-state index contributed by atoms with van der Waals surface area (Å²) in [5.74, 6) is 1.04. The highest BCUT2D eigenvalue weighted by Crippen LogP contribution is 2.25. The topological polar surface area (TPSA) is 77.0 Å². The number of pyridine rings is 1. The summed E-state index contributed by atoms with van der Waals surface area (Å²) < 4.78 is 26.7. The number of allylic oxidation sites excluding steroid dienone is 1. The molecule has 0 bridgehead atoms. The molecule has 33 heavy (non-hydrogen) atoms. The maximum Gasteiger partial charge on any atom is 0.264 e. The highest BCUT2D eigenvalue weighted by Gasteiger charge is 2.23. The number of sulfonamides is 1. The summed E-state index contributed by atoms with van der Waals surface area (Å²) in [5, 5.41) is 9.40. The Morgan fingerprint density at radius 1 is 0.939 bits per heavy atom. The van der Waals surface area contributed by atoms with Gasteiger partial charge in [0.05, 0.1) is 11.4 Å². The van der Waals surface area contributed by atoms with Crippen LogP contribution in [0.4, 0.5) is 5.82 Å². The van der Waals surface area contributed by atoms with E-state index in [-0.39, 0.29) is 42.0 Å². The summed E-state index contributed by atoms with van der Waals surface area (Å²) >= 11 is 0. The maximum absolute atomic E-state index is 12.8. The van der Waals surface area contributed by atoms with Crippen LogP contribution in [0.5, 0.6) is 0 Å². The van der Waals surface area contributed by atoms with Crippen LogP contribution in [0.25, 0.3) is 11.1 Å². The fourth-order valence-electron chi connectivity index (χ4n) is 3.82. The molecule has 1 saturated heterocycles. The van der Waals surface area contributed by atoms with Gasteiger partial charge in [-0.1, -0.05) is 12.1 Å². The standard InChI is InChI=1S/C23H28N4O3S.2ClH/c1-18(2)25-13-15-26(16-14-25)23-8-5-20(17-24-23)19-3-6-22(7-4-19)31(29,30)27-11-9-21(28)10-12-27;;/h3-11,17-18,28H,12-16H2,1-2H3;2*1H. The maximum atomic E-state index is 12.8. The lowest BCUT2D eigenvalue weighted by molar-refractivity contribution is 0.209. The van der Waals surface area contributed by atoms with E-state index in [1.807, 2.05) is 18.3 Å². The Balaban J connectivity index is 0.00000193. The van der Waals surface area contributed by atoms with E-state index in [1.54, 1.807) is 24.3 Å². The van der Waals surface area contributed by atoms with Gasteiger partial charge in [0.15, 0.2) is 0 Å². The summed E-state index contributed by atoms with van der Waals surface area (Å²) in [4.78, 5) is 9.63. The van der Waals surface area contributed by atoms with Crippen LogP contribution in [-0.2, 0) is 10.0 Å². The van der Waals surface area contributed by atoms with Gasteiger partial charge in [0.2, 0.25) is 0 Å². The zero-order chi connectivity index (χ0) is 22.0. The predicted molar refractivity (Wildman–Crippen MR) is 137 cm³/mol. The zero-order valence-corrected chi connectivity index (χ0v) is 21.1. The lowest BCUT2D eigenvalue weighted by atomic mass is 10.1. The molecule has 4 rings (SSSR count). The molecule has 0 saturated carbocycles. The first-order chi connectivity index (χ1) is 14.8. The van der Waals surface area contributed by atoms with Crippen molar-refractivity contribution >= 4 is 40.7 Å².